The zero-order chi connectivity index (χ0) is 15.2. The summed E-state index contributed by atoms with van der Waals surface area (Å²) < 4.78 is 0. The first kappa shape index (κ1) is 20.2. The number of amides is 1. The molecule has 0 saturated carbocycles. The van der Waals surface area contributed by atoms with Crippen LogP contribution in [0.5, 0.6) is 0 Å². The minimum atomic E-state index is 0. The molecular weight excluding hydrogens is 320 g/mol. The van der Waals surface area contributed by atoms with E-state index >= 15 is 0 Å². The second kappa shape index (κ2) is 10.1. The van der Waals surface area contributed by atoms with Crippen LogP contribution in [0.3, 0.4) is 0 Å². The molecule has 0 unspecified atom stereocenters. The van der Waals surface area contributed by atoms with Gasteiger partial charge in [0.25, 0.3) is 5.91 Å². The second-order valence-electron chi connectivity index (χ2n) is 5.93. The fourth-order valence-corrected chi connectivity index (χ4v) is 3.08. The smallest absolute Gasteiger partial charge is 0.278 e. The molecule has 0 radical (unpaired) electrons. The van der Waals surface area contributed by atoms with Crippen LogP contribution < -0.4 is 23.0 Å². The molecule has 1 saturated heterocycles. The summed E-state index contributed by atoms with van der Waals surface area (Å²) in [7, 11) is 0. The van der Waals surface area contributed by atoms with Crippen LogP contribution in [0.4, 0.5) is 0 Å². The first-order valence-corrected chi connectivity index (χ1v) is 8.05. The van der Waals surface area contributed by atoms with Crippen LogP contribution in [0.2, 0.25) is 0 Å². The average Bonchev–Trinajstić information content (AvgIpc) is 3.11. The number of carbonyl (C=O) groups excluding carboxylic acids is 1. The van der Waals surface area contributed by atoms with Crippen LogP contribution in [0.1, 0.15) is 37.4 Å². The van der Waals surface area contributed by atoms with Gasteiger partial charge in [-0.3, -0.25) is 4.79 Å². The van der Waals surface area contributed by atoms with Crippen LogP contribution in [0, 0.1) is 0 Å². The van der Waals surface area contributed by atoms with E-state index in [1.165, 1.54) is 5.56 Å². The van der Waals surface area contributed by atoms with Gasteiger partial charge in [-0.2, -0.15) is 0 Å². The van der Waals surface area contributed by atoms with Crippen molar-refractivity contribution in [3.05, 3.63) is 71.8 Å². The highest BCUT2D eigenvalue weighted by Gasteiger charge is 2.28. The van der Waals surface area contributed by atoms with Crippen molar-refractivity contribution < 1.29 is 22.5 Å². The summed E-state index contributed by atoms with van der Waals surface area (Å²) >= 11 is 0. The Hall–Kier alpha value is -1.84. The van der Waals surface area contributed by atoms with Crippen molar-refractivity contribution in [1.29, 1.82) is 0 Å². The van der Waals surface area contributed by atoms with Crippen molar-refractivity contribution in [2.75, 3.05) is 6.54 Å². The summed E-state index contributed by atoms with van der Waals surface area (Å²) in [6.07, 6.45) is 2.94. The van der Waals surface area contributed by atoms with Crippen molar-refractivity contribution in [3.63, 3.8) is 0 Å². The molecule has 3 N–H and O–H groups in total. The van der Waals surface area contributed by atoms with Crippen LogP contribution in [-0.4, -0.2) is 18.5 Å². The van der Waals surface area contributed by atoms with E-state index in [0.29, 0.717) is 0 Å². The largest absolute Gasteiger partial charge is 1.00 e. The van der Waals surface area contributed by atoms with E-state index in [1.54, 1.807) is 0 Å². The van der Waals surface area contributed by atoms with Crippen molar-refractivity contribution in [3.8, 4) is 0 Å². The van der Waals surface area contributed by atoms with Crippen molar-refractivity contribution in [2.24, 2.45) is 0 Å². The standard InChI is InChI=1S/C19H22N2O.CH4.ClH/c22-19(17-12-7-13-20-17)21-18(16-10-5-2-6-11-16)14-15-8-3-1-4-9-15;;/h1-6,8-11,17-18,20H,7,12-14H2,(H,21,22);1H4;1H/t17-,18-;;/m0../s1. The van der Waals surface area contributed by atoms with Crippen LogP contribution in [-0.2, 0) is 11.2 Å². The monoisotopic (exact) mass is 346 g/mol. The number of halogens is 1. The lowest BCUT2D eigenvalue weighted by Gasteiger charge is -2.20. The first-order valence-electron chi connectivity index (χ1n) is 8.05. The predicted octanol–water partition coefficient (Wildman–Crippen LogP) is -0.547. The number of rotatable bonds is 5. The van der Waals surface area contributed by atoms with Gasteiger partial charge in [0, 0.05) is 12.8 Å². The number of hydrogen-bond donors (Lipinski definition) is 2. The molecule has 3 nitrogen and oxygen atoms in total. The van der Waals surface area contributed by atoms with Gasteiger partial charge in [0.05, 0.1) is 12.6 Å². The lowest BCUT2D eigenvalue weighted by molar-refractivity contribution is -0.657. The van der Waals surface area contributed by atoms with Crippen molar-refractivity contribution in [2.45, 2.75) is 38.8 Å². The predicted molar refractivity (Wildman–Crippen MR) is 94.0 cm³/mol. The molecule has 0 spiro atoms. The van der Waals surface area contributed by atoms with Crippen LogP contribution >= 0.6 is 0 Å². The van der Waals surface area contributed by atoms with Gasteiger partial charge >= 0.3 is 0 Å². The quantitative estimate of drug-likeness (QED) is 0.750. The lowest BCUT2D eigenvalue weighted by Crippen LogP contribution is -3.00. The Bertz CT molecular complexity index is 598. The SMILES string of the molecule is C.O=C(N[C@@H](Cc1ccccc1)c1ccccc1)[C@@H]1CCC[NH2+]1.[Cl-]. The van der Waals surface area contributed by atoms with Crippen LogP contribution in [0.25, 0.3) is 0 Å². The van der Waals surface area contributed by atoms with Gasteiger partial charge < -0.3 is 23.0 Å². The van der Waals surface area contributed by atoms with Crippen LogP contribution in [0.15, 0.2) is 60.7 Å². The molecular formula is C20H27ClN2O. The molecule has 24 heavy (non-hydrogen) atoms. The lowest BCUT2D eigenvalue weighted by atomic mass is 9.98. The van der Waals surface area contributed by atoms with Crippen molar-refractivity contribution in [1.82, 2.24) is 5.32 Å². The Morgan fingerprint density at radius 3 is 2.29 bits per heavy atom. The van der Waals surface area contributed by atoms with Gasteiger partial charge in [-0.05, 0) is 17.5 Å². The number of benzene rings is 2. The Morgan fingerprint density at radius 1 is 1.08 bits per heavy atom. The highest BCUT2D eigenvalue weighted by Crippen LogP contribution is 2.18. The number of nitrogens with one attached hydrogen (secondary N) is 1. The van der Waals surface area contributed by atoms with E-state index in [9.17, 15) is 4.79 Å². The summed E-state index contributed by atoms with van der Waals surface area (Å²) in [5, 5.41) is 5.41. The second-order valence-corrected chi connectivity index (χ2v) is 5.93. The number of carbonyl (C=O) groups is 1. The van der Waals surface area contributed by atoms with E-state index in [4.69, 9.17) is 0 Å². The molecule has 1 fully saturated rings. The van der Waals surface area contributed by atoms with Gasteiger partial charge in [0.15, 0.2) is 6.04 Å². The minimum absolute atomic E-state index is 0. The van der Waals surface area contributed by atoms with Gasteiger partial charge in [-0.15, -0.1) is 0 Å². The molecule has 0 aromatic heterocycles. The molecule has 1 heterocycles. The third kappa shape index (κ3) is 5.36. The maximum Gasteiger partial charge on any atom is 0.278 e. The molecule has 1 aliphatic rings. The van der Waals surface area contributed by atoms with Gasteiger partial charge in [0.2, 0.25) is 0 Å². The molecule has 130 valence electrons. The zero-order valence-corrected chi connectivity index (χ0v) is 13.9. The summed E-state index contributed by atoms with van der Waals surface area (Å²) in [6, 6.07) is 20.7. The molecule has 2 aromatic carbocycles. The molecule has 1 amide bonds. The van der Waals surface area contributed by atoms with Crippen molar-refractivity contribution >= 4 is 5.91 Å². The summed E-state index contributed by atoms with van der Waals surface area (Å²) in [5.74, 6) is 0.169. The van der Waals surface area contributed by atoms with E-state index in [2.05, 4.69) is 34.9 Å². The molecule has 0 bridgehead atoms. The normalized spacial score (nSPS) is 17.2. The minimum Gasteiger partial charge on any atom is -1.00 e. The summed E-state index contributed by atoms with van der Waals surface area (Å²) in [6.45, 7) is 1.06. The molecule has 2 aromatic rings. The molecule has 2 atom stereocenters. The fourth-order valence-electron chi connectivity index (χ4n) is 3.08. The Balaban J connectivity index is 0.00000144. The number of hydrogen-bond acceptors (Lipinski definition) is 1. The van der Waals surface area contributed by atoms with Gasteiger partial charge in [-0.25, -0.2) is 0 Å². The third-order valence-electron chi connectivity index (χ3n) is 4.31. The van der Waals surface area contributed by atoms with E-state index < -0.39 is 0 Å². The van der Waals surface area contributed by atoms with E-state index in [-0.39, 0.29) is 37.8 Å². The number of nitrogens with two attached hydrogens (primary N) is 1. The molecule has 1 aliphatic heterocycles. The van der Waals surface area contributed by atoms with Gasteiger partial charge in [0.1, 0.15) is 0 Å². The Morgan fingerprint density at radius 2 is 1.71 bits per heavy atom. The maximum absolute atomic E-state index is 12.5. The molecule has 3 rings (SSSR count). The topological polar surface area (TPSA) is 45.7 Å². The Kier molecular flexibility index (Phi) is 8.51. The zero-order valence-electron chi connectivity index (χ0n) is 13.1. The maximum atomic E-state index is 12.5. The summed E-state index contributed by atoms with van der Waals surface area (Å²) in [4.78, 5) is 12.5. The molecule has 0 aliphatic carbocycles. The third-order valence-corrected chi connectivity index (χ3v) is 4.31. The van der Waals surface area contributed by atoms with E-state index in [0.717, 1.165) is 31.4 Å². The highest BCUT2D eigenvalue weighted by atomic mass is 35.5. The van der Waals surface area contributed by atoms with Gasteiger partial charge in [-0.1, -0.05) is 68.1 Å². The summed E-state index contributed by atoms with van der Waals surface area (Å²) in [5.41, 5.74) is 2.41. The highest BCUT2D eigenvalue weighted by molar-refractivity contribution is 5.80. The molecule has 4 heteroatoms. The fraction of sp³-hybridized carbons (Fsp3) is 0.350. The Labute approximate surface area is 151 Å². The van der Waals surface area contributed by atoms with E-state index in [1.807, 2.05) is 36.4 Å². The average molecular weight is 347 g/mol. The first-order chi connectivity index (χ1) is 10.8. The number of quaternary nitrogens is 1.